The number of rotatable bonds is 23. The molecule has 15 heteroatoms. The summed E-state index contributed by atoms with van der Waals surface area (Å²) in [5.74, 6) is -3.05. The maximum Gasteiger partial charge on any atom is 0.246 e. The van der Waals surface area contributed by atoms with Crippen LogP contribution in [0.15, 0.2) is 107 Å². The van der Waals surface area contributed by atoms with Gasteiger partial charge in [0, 0.05) is 50.5 Å². The fourth-order valence-corrected chi connectivity index (χ4v) is 8.24. The number of benzene rings is 2. The lowest BCUT2D eigenvalue weighted by atomic mass is 9.85. The number of guanidine groups is 1. The van der Waals surface area contributed by atoms with E-state index in [4.69, 9.17) is 11.1 Å². The fourth-order valence-electron chi connectivity index (χ4n) is 8.24. The molecule has 340 valence electrons. The van der Waals surface area contributed by atoms with E-state index >= 15 is 0 Å². The van der Waals surface area contributed by atoms with Crippen LogP contribution in [0.3, 0.4) is 0 Å². The molecule has 5 rings (SSSR count). The molecule has 3 aliphatic rings. The number of nitrogens with one attached hydrogen (secondary N) is 7. The van der Waals surface area contributed by atoms with Crippen LogP contribution in [0.1, 0.15) is 84.1 Å². The average molecular weight is 874 g/mol. The SMILES string of the molecule is CCCCC(=O)NC1(C(=O)NC(Cc2ccccc2)C(=O)NC(CCCNC(=N)N)C(=O)N[C@@H](CC2=CC(CC)C3=C2C=C=C=C3)C(=O)NCC(C)=O)CCN(c2ccccc2)CC1. The molecule has 64 heavy (non-hydrogen) atoms. The summed E-state index contributed by atoms with van der Waals surface area (Å²) in [7, 11) is 0. The number of hydrogen-bond donors (Lipinski definition) is 8. The van der Waals surface area contributed by atoms with Crippen molar-refractivity contribution in [2.75, 3.05) is 31.1 Å². The lowest BCUT2D eigenvalue weighted by Gasteiger charge is -2.42. The van der Waals surface area contributed by atoms with Gasteiger partial charge in [-0.15, -0.1) is 0 Å². The Kier molecular flexibility index (Phi) is 17.9. The summed E-state index contributed by atoms with van der Waals surface area (Å²) in [6.45, 7) is 6.35. The van der Waals surface area contributed by atoms with Crippen LogP contribution >= 0.6 is 0 Å². The molecule has 2 aliphatic carbocycles. The second kappa shape index (κ2) is 23.7. The van der Waals surface area contributed by atoms with Gasteiger partial charge in [-0.1, -0.05) is 86.3 Å². The van der Waals surface area contributed by atoms with E-state index < -0.39 is 47.3 Å². The normalized spacial score (nSPS) is 17.3. The van der Waals surface area contributed by atoms with Crippen LogP contribution in [-0.4, -0.2) is 91.1 Å². The van der Waals surface area contributed by atoms with E-state index in [9.17, 15) is 28.8 Å². The number of piperidine rings is 1. The van der Waals surface area contributed by atoms with E-state index in [-0.39, 0.29) is 62.3 Å². The third-order valence-corrected chi connectivity index (χ3v) is 11.8. The highest BCUT2D eigenvalue weighted by Gasteiger charge is 2.44. The van der Waals surface area contributed by atoms with Gasteiger partial charge in [-0.05, 0) is 92.0 Å². The predicted octanol–water partition coefficient (Wildman–Crippen LogP) is 3.53. The molecular formula is C49H63N9O6. The molecule has 15 nitrogen and oxygen atoms in total. The number of Topliss-reactive ketones (excluding diaryl/α,β-unsaturated/α-hetero) is 1. The highest BCUT2D eigenvalue weighted by molar-refractivity contribution is 5.97. The first-order chi connectivity index (χ1) is 30.8. The van der Waals surface area contributed by atoms with Gasteiger partial charge in [-0.25, -0.2) is 0 Å². The van der Waals surface area contributed by atoms with Crippen molar-refractivity contribution in [2.24, 2.45) is 11.7 Å². The number of ketones is 1. The summed E-state index contributed by atoms with van der Waals surface area (Å²) in [6, 6.07) is 15.5. The number of unbranched alkanes of at least 4 members (excludes halogenated alkanes) is 1. The van der Waals surface area contributed by atoms with Gasteiger partial charge in [0.15, 0.2) is 5.96 Å². The second-order valence-corrected chi connectivity index (χ2v) is 16.7. The first kappa shape index (κ1) is 48.3. The summed E-state index contributed by atoms with van der Waals surface area (Å²) in [4.78, 5) is 84.9. The molecule has 0 saturated carbocycles. The molecule has 2 aromatic carbocycles. The molecule has 1 aliphatic heterocycles. The first-order valence-electron chi connectivity index (χ1n) is 22.4. The molecule has 0 aromatic heterocycles. The number of nitrogens with zero attached hydrogens (tertiary/aromatic N) is 1. The van der Waals surface area contributed by atoms with Crippen LogP contribution in [0.25, 0.3) is 0 Å². The van der Waals surface area contributed by atoms with Crippen LogP contribution in [0.5, 0.6) is 0 Å². The molecule has 1 fully saturated rings. The van der Waals surface area contributed by atoms with E-state index in [1.54, 1.807) is 0 Å². The van der Waals surface area contributed by atoms with E-state index in [0.717, 1.165) is 40.8 Å². The van der Waals surface area contributed by atoms with Gasteiger partial charge in [-0.2, -0.15) is 0 Å². The Morgan fingerprint density at radius 1 is 0.812 bits per heavy atom. The van der Waals surface area contributed by atoms with Crippen molar-refractivity contribution in [3.05, 3.63) is 113 Å². The number of carbonyl (C=O) groups excluding carboxylic acids is 6. The minimum Gasteiger partial charge on any atom is -0.371 e. The highest BCUT2D eigenvalue weighted by Crippen LogP contribution is 2.38. The largest absolute Gasteiger partial charge is 0.371 e. The van der Waals surface area contributed by atoms with Crippen molar-refractivity contribution in [1.29, 1.82) is 5.41 Å². The third kappa shape index (κ3) is 13.7. The monoisotopic (exact) mass is 873 g/mol. The van der Waals surface area contributed by atoms with Crippen molar-refractivity contribution in [2.45, 2.75) is 109 Å². The van der Waals surface area contributed by atoms with Crippen molar-refractivity contribution in [3.8, 4) is 0 Å². The average Bonchev–Trinajstić information content (AvgIpc) is 3.65. The number of nitrogens with two attached hydrogens (primary N) is 1. The zero-order chi connectivity index (χ0) is 46.1. The van der Waals surface area contributed by atoms with E-state index in [2.05, 4.69) is 61.3 Å². The third-order valence-electron chi connectivity index (χ3n) is 11.8. The highest BCUT2D eigenvalue weighted by atomic mass is 16.2. The minimum atomic E-state index is -1.30. The van der Waals surface area contributed by atoms with Gasteiger partial charge in [0.25, 0.3) is 0 Å². The predicted molar refractivity (Wildman–Crippen MR) is 247 cm³/mol. The molecule has 9 N–H and O–H groups in total. The van der Waals surface area contributed by atoms with E-state index in [0.29, 0.717) is 38.8 Å². The van der Waals surface area contributed by atoms with Gasteiger partial charge in [0.05, 0.1) is 6.54 Å². The van der Waals surface area contributed by atoms with Crippen molar-refractivity contribution in [3.63, 3.8) is 0 Å². The Balaban J connectivity index is 1.41. The van der Waals surface area contributed by atoms with Crippen LogP contribution < -0.4 is 42.5 Å². The molecule has 5 amide bonds. The number of amides is 5. The summed E-state index contributed by atoms with van der Waals surface area (Å²) < 4.78 is 0. The Hall–Kier alpha value is -6.69. The van der Waals surface area contributed by atoms with Crippen LogP contribution in [0.4, 0.5) is 5.69 Å². The second-order valence-electron chi connectivity index (χ2n) is 16.7. The molecule has 1 heterocycles. The topological polar surface area (TPSA) is 228 Å². The quantitative estimate of drug-likeness (QED) is 0.0353. The number of carbonyl (C=O) groups is 6. The number of anilines is 1. The molecule has 0 bridgehead atoms. The number of hydrogen-bond acceptors (Lipinski definition) is 8. The molecule has 2 aromatic rings. The summed E-state index contributed by atoms with van der Waals surface area (Å²) in [5, 5.41) is 24.8. The van der Waals surface area contributed by atoms with Gasteiger partial charge >= 0.3 is 0 Å². The molecule has 0 spiro atoms. The van der Waals surface area contributed by atoms with E-state index in [1.807, 2.05) is 79.7 Å². The van der Waals surface area contributed by atoms with Crippen molar-refractivity contribution >= 4 is 47.0 Å². The summed E-state index contributed by atoms with van der Waals surface area (Å²) >= 11 is 0. The molecule has 1 saturated heterocycles. The van der Waals surface area contributed by atoms with Gasteiger partial charge in [-0.3, -0.25) is 34.2 Å². The maximum atomic E-state index is 14.7. The van der Waals surface area contributed by atoms with Crippen molar-refractivity contribution < 1.29 is 28.8 Å². The van der Waals surface area contributed by atoms with Crippen LogP contribution in [-0.2, 0) is 35.2 Å². The molecule has 3 unspecified atom stereocenters. The Morgan fingerprint density at radius 2 is 1.45 bits per heavy atom. The molecular weight excluding hydrogens is 811 g/mol. The van der Waals surface area contributed by atoms with Gasteiger partial charge in [0.2, 0.25) is 29.5 Å². The van der Waals surface area contributed by atoms with E-state index in [1.165, 1.54) is 6.92 Å². The van der Waals surface area contributed by atoms with Crippen LogP contribution in [0.2, 0.25) is 0 Å². The Labute approximate surface area is 376 Å². The fraction of sp³-hybridized carbons (Fsp3) is 0.449. The number of para-hydroxylation sites is 1. The molecule has 0 radical (unpaired) electrons. The lowest BCUT2D eigenvalue weighted by molar-refractivity contribution is -0.138. The maximum absolute atomic E-state index is 14.7. The van der Waals surface area contributed by atoms with Crippen LogP contribution in [0, 0.1) is 11.3 Å². The molecule has 4 atom stereocenters. The van der Waals surface area contributed by atoms with Crippen molar-refractivity contribution in [1.82, 2.24) is 31.9 Å². The van der Waals surface area contributed by atoms with Gasteiger partial charge < -0.3 is 42.5 Å². The smallest absolute Gasteiger partial charge is 0.246 e. The minimum absolute atomic E-state index is 0.0747. The Bertz CT molecular complexity index is 2180. The summed E-state index contributed by atoms with van der Waals surface area (Å²) in [6.07, 6.45) is 9.41. The first-order valence-corrected chi connectivity index (χ1v) is 22.4. The van der Waals surface area contributed by atoms with Gasteiger partial charge in [0.1, 0.15) is 29.4 Å². The Morgan fingerprint density at radius 3 is 2.11 bits per heavy atom. The number of allylic oxidation sites excluding steroid dienone is 5. The lowest BCUT2D eigenvalue weighted by Crippen LogP contribution is -2.66. The summed E-state index contributed by atoms with van der Waals surface area (Å²) in [5.41, 5.74) is 14.7. The zero-order valence-corrected chi connectivity index (χ0v) is 37.2. The zero-order valence-electron chi connectivity index (χ0n) is 37.2. The standard InChI is InChI=1S/C49H63N9O6/c1-4-6-23-43(60)57-49(24-27-58(28-25-49)37-18-11-8-12-19-37)47(64)56-41(29-34-16-9-7-10-17-34)46(63)54-40(22-15-26-52-48(50)51)45(62)55-42(44(61)53-32-33(3)59)31-36-30-35(5-2)38-20-13-14-21-39(36)38/h7-12,16-21,30,35,40-42H,4-6,15,22-29,31-32H2,1-3H3,(H,53,61)(H,54,63)(H,55,62)(H,56,64)(H,57,60)(H4,50,51,52)/t35?,40?,41?,42-/m0/s1.